The van der Waals surface area contributed by atoms with Crippen molar-refractivity contribution in [2.24, 2.45) is 5.92 Å². The van der Waals surface area contributed by atoms with Gasteiger partial charge in [-0.15, -0.1) is 0 Å². The van der Waals surface area contributed by atoms with Crippen molar-refractivity contribution in [1.29, 1.82) is 0 Å². The molecule has 0 spiro atoms. The summed E-state index contributed by atoms with van der Waals surface area (Å²) in [5.74, 6) is 1.46. The monoisotopic (exact) mass is 391 g/mol. The Morgan fingerprint density at radius 2 is 2.05 bits per heavy atom. The average Bonchev–Trinajstić information content (AvgIpc) is 2.75. The zero-order chi connectivity index (χ0) is 13.8. The van der Waals surface area contributed by atoms with Crippen LogP contribution >= 0.6 is 31.9 Å². The van der Waals surface area contributed by atoms with Gasteiger partial charge in [0.15, 0.2) is 0 Å². The molecule has 1 aromatic rings. The third-order valence-corrected chi connectivity index (χ3v) is 4.71. The quantitative estimate of drug-likeness (QED) is 0.827. The van der Waals surface area contributed by atoms with Crippen LogP contribution in [0.25, 0.3) is 0 Å². The highest BCUT2D eigenvalue weighted by Gasteiger charge is 2.23. The fourth-order valence-corrected chi connectivity index (χ4v) is 3.96. The van der Waals surface area contributed by atoms with Gasteiger partial charge in [-0.25, -0.2) is 0 Å². The number of halogens is 2. The van der Waals surface area contributed by atoms with Gasteiger partial charge in [-0.1, -0.05) is 0 Å². The van der Waals surface area contributed by atoms with Crippen LogP contribution in [0.15, 0.2) is 21.1 Å². The Hall–Kier alpha value is -0.100. The van der Waals surface area contributed by atoms with E-state index in [1.165, 1.54) is 5.56 Å². The zero-order valence-corrected chi connectivity index (χ0v) is 14.4. The molecule has 0 bridgehead atoms. The second-order valence-electron chi connectivity index (χ2n) is 4.85. The van der Waals surface area contributed by atoms with Crippen LogP contribution in [-0.2, 0) is 11.3 Å². The summed E-state index contributed by atoms with van der Waals surface area (Å²) >= 11 is 7.05. The van der Waals surface area contributed by atoms with E-state index >= 15 is 0 Å². The van der Waals surface area contributed by atoms with Crippen molar-refractivity contribution in [3.63, 3.8) is 0 Å². The minimum Gasteiger partial charge on any atom is -0.494 e. The maximum absolute atomic E-state index is 5.57. The molecule has 0 aromatic heterocycles. The number of ether oxygens (including phenoxy) is 2. The van der Waals surface area contributed by atoms with Gasteiger partial charge in [-0.3, -0.25) is 0 Å². The summed E-state index contributed by atoms with van der Waals surface area (Å²) in [5.41, 5.74) is 1.23. The second kappa shape index (κ2) is 7.07. The topological polar surface area (TPSA) is 30.5 Å². The maximum atomic E-state index is 5.57. The van der Waals surface area contributed by atoms with Crippen LogP contribution in [0.1, 0.15) is 18.9 Å². The molecule has 0 aliphatic carbocycles. The Balaban J connectivity index is 1.89. The van der Waals surface area contributed by atoms with Crippen LogP contribution in [0.4, 0.5) is 0 Å². The largest absolute Gasteiger partial charge is 0.494 e. The molecule has 19 heavy (non-hydrogen) atoms. The van der Waals surface area contributed by atoms with E-state index in [1.54, 1.807) is 7.11 Å². The van der Waals surface area contributed by atoms with E-state index in [0.717, 1.165) is 40.8 Å². The minimum absolute atomic E-state index is 0.377. The van der Waals surface area contributed by atoms with Crippen LogP contribution in [0.5, 0.6) is 5.75 Å². The SMILES string of the molecule is COc1c(Br)cc(CNCC2CCOC2C)cc1Br. The van der Waals surface area contributed by atoms with Gasteiger partial charge < -0.3 is 14.8 Å². The van der Waals surface area contributed by atoms with Crippen molar-refractivity contribution in [2.45, 2.75) is 26.0 Å². The predicted octanol–water partition coefficient (Wildman–Crippen LogP) is 3.73. The molecule has 1 aliphatic heterocycles. The first kappa shape index (κ1) is 15.3. The smallest absolute Gasteiger partial charge is 0.147 e. The number of benzene rings is 1. The number of rotatable bonds is 5. The van der Waals surface area contributed by atoms with E-state index in [2.05, 4.69) is 56.2 Å². The van der Waals surface area contributed by atoms with Gasteiger partial charge in [0.25, 0.3) is 0 Å². The van der Waals surface area contributed by atoms with Gasteiger partial charge in [0.05, 0.1) is 22.2 Å². The van der Waals surface area contributed by atoms with Gasteiger partial charge in [-0.05, 0) is 68.8 Å². The summed E-state index contributed by atoms with van der Waals surface area (Å²) in [6.45, 7) is 4.90. The Morgan fingerprint density at radius 3 is 2.58 bits per heavy atom. The average molecular weight is 393 g/mol. The highest BCUT2D eigenvalue weighted by molar-refractivity contribution is 9.11. The summed E-state index contributed by atoms with van der Waals surface area (Å²) in [6, 6.07) is 4.18. The molecule has 106 valence electrons. The highest BCUT2D eigenvalue weighted by atomic mass is 79.9. The van der Waals surface area contributed by atoms with E-state index < -0.39 is 0 Å². The molecule has 2 rings (SSSR count). The zero-order valence-electron chi connectivity index (χ0n) is 11.2. The lowest BCUT2D eigenvalue weighted by molar-refractivity contribution is 0.105. The Morgan fingerprint density at radius 1 is 1.37 bits per heavy atom. The lowest BCUT2D eigenvalue weighted by atomic mass is 10.0. The van der Waals surface area contributed by atoms with Crippen molar-refractivity contribution in [3.05, 3.63) is 26.6 Å². The molecule has 0 radical (unpaired) electrons. The van der Waals surface area contributed by atoms with Gasteiger partial charge >= 0.3 is 0 Å². The third kappa shape index (κ3) is 3.94. The molecular weight excluding hydrogens is 374 g/mol. The van der Waals surface area contributed by atoms with E-state index in [9.17, 15) is 0 Å². The Labute approximate surface area is 131 Å². The fourth-order valence-electron chi connectivity index (χ4n) is 2.36. The van der Waals surface area contributed by atoms with Crippen LogP contribution in [0.2, 0.25) is 0 Å². The number of hydrogen-bond acceptors (Lipinski definition) is 3. The summed E-state index contributed by atoms with van der Waals surface area (Å²) < 4.78 is 12.8. The Bertz CT molecular complexity index is 416. The molecule has 1 aromatic carbocycles. The fraction of sp³-hybridized carbons (Fsp3) is 0.571. The molecule has 5 heteroatoms. The molecule has 1 N–H and O–H groups in total. The number of methoxy groups -OCH3 is 1. The molecule has 0 saturated carbocycles. The standard InChI is InChI=1S/C14H19Br2NO2/c1-9-11(3-4-19-9)8-17-7-10-5-12(15)14(18-2)13(16)6-10/h5-6,9,11,17H,3-4,7-8H2,1-2H3. The van der Waals surface area contributed by atoms with E-state index in [1.807, 2.05) is 0 Å². The summed E-state index contributed by atoms with van der Waals surface area (Å²) in [5, 5.41) is 3.50. The molecule has 0 amide bonds. The summed E-state index contributed by atoms with van der Waals surface area (Å²) in [4.78, 5) is 0. The molecule has 2 unspecified atom stereocenters. The van der Waals surface area contributed by atoms with E-state index in [0.29, 0.717) is 12.0 Å². The van der Waals surface area contributed by atoms with Crippen molar-refractivity contribution in [1.82, 2.24) is 5.32 Å². The lowest BCUT2D eigenvalue weighted by Crippen LogP contribution is -2.26. The minimum atomic E-state index is 0.377. The molecular formula is C14H19Br2NO2. The molecule has 2 atom stereocenters. The summed E-state index contributed by atoms with van der Waals surface area (Å²) in [6.07, 6.45) is 1.53. The molecule has 1 fully saturated rings. The van der Waals surface area contributed by atoms with Crippen LogP contribution in [-0.4, -0.2) is 26.4 Å². The third-order valence-electron chi connectivity index (χ3n) is 3.53. The number of nitrogens with one attached hydrogen (secondary N) is 1. The van der Waals surface area contributed by atoms with E-state index in [-0.39, 0.29) is 0 Å². The van der Waals surface area contributed by atoms with Gasteiger partial charge in [-0.2, -0.15) is 0 Å². The highest BCUT2D eigenvalue weighted by Crippen LogP contribution is 2.34. The number of hydrogen-bond donors (Lipinski definition) is 1. The van der Waals surface area contributed by atoms with Gasteiger partial charge in [0, 0.05) is 19.7 Å². The Kier molecular flexibility index (Phi) is 5.69. The van der Waals surface area contributed by atoms with Crippen molar-refractivity contribution in [3.8, 4) is 5.75 Å². The molecule has 1 aliphatic rings. The normalized spacial score (nSPS) is 22.7. The molecule has 1 heterocycles. The van der Waals surface area contributed by atoms with Crippen molar-refractivity contribution >= 4 is 31.9 Å². The first-order chi connectivity index (χ1) is 9.11. The van der Waals surface area contributed by atoms with Gasteiger partial charge in [0.2, 0.25) is 0 Å². The molecule has 3 nitrogen and oxygen atoms in total. The maximum Gasteiger partial charge on any atom is 0.147 e. The van der Waals surface area contributed by atoms with Crippen LogP contribution < -0.4 is 10.1 Å². The first-order valence-electron chi connectivity index (χ1n) is 6.46. The summed E-state index contributed by atoms with van der Waals surface area (Å²) in [7, 11) is 1.67. The lowest BCUT2D eigenvalue weighted by Gasteiger charge is -2.15. The van der Waals surface area contributed by atoms with E-state index in [4.69, 9.17) is 9.47 Å². The van der Waals surface area contributed by atoms with Gasteiger partial charge in [0.1, 0.15) is 5.75 Å². The second-order valence-corrected chi connectivity index (χ2v) is 6.56. The van der Waals surface area contributed by atoms with Crippen LogP contribution in [0, 0.1) is 5.92 Å². The van der Waals surface area contributed by atoms with Crippen molar-refractivity contribution < 1.29 is 9.47 Å². The van der Waals surface area contributed by atoms with Crippen molar-refractivity contribution in [2.75, 3.05) is 20.3 Å². The predicted molar refractivity (Wildman–Crippen MR) is 83.6 cm³/mol. The molecule has 1 saturated heterocycles. The van der Waals surface area contributed by atoms with Crippen LogP contribution in [0.3, 0.4) is 0 Å². The first-order valence-corrected chi connectivity index (χ1v) is 8.04.